The van der Waals surface area contributed by atoms with E-state index in [1.54, 1.807) is 13.0 Å². The molecule has 0 amide bonds. The lowest BCUT2D eigenvalue weighted by molar-refractivity contribution is -0.132. The van der Waals surface area contributed by atoms with Crippen molar-refractivity contribution in [1.82, 2.24) is 0 Å². The number of benzene rings is 1. The summed E-state index contributed by atoms with van der Waals surface area (Å²) >= 11 is 0. The molecule has 0 heterocycles. The average Bonchev–Trinajstić information content (AvgIpc) is 2.31. The van der Waals surface area contributed by atoms with Gasteiger partial charge in [-0.05, 0) is 18.6 Å². The number of aliphatic hydroxyl groups excluding tert-OH is 1. The molecule has 1 aromatic carbocycles. The van der Waals surface area contributed by atoms with E-state index in [1.807, 2.05) is 25.1 Å². The van der Waals surface area contributed by atoms with Gasteiger partial charge in [-0.25, -0.2) is 0 Å². The lowest BCUT2D eigenvalue weighted by Gasteiger charge is -2.22. The number of carbonyl (C=O) groups excluding carboxylic acids is 2. The molecule has 0 spiro atoms. The van der Waals surface area contributed by atoms with Gasteiger partial charge in [-0.2, -0.15) is 0 Å². The Bertz CT molecular complexity index is 514. The number of carbonyl (C=O) groups is 2. The summed E-state index contributed by atoms with van der Waals surface area (Å²) in [5.74, 6) is -1.24. The van der Waals surface area contributed by atoms with Crippen molar-refractivity contribution in [1.29, 1.82) is 0 Å². The zero-order chi connectivity index (χ0) is 12.6. The molecular formula is C14H14O3. The molecule has 0 bridgehead atoms. The van der Waals surface area contributed by atoms with Crippen LogP contribution < -0.4 is 0 Å². The van der Waals surface area contributed by atoms with Crippen molar-refractivity contribution in [3.05, 3.63) is 41.5 Å². The van der Waals surface area contributed by atoms with Gasteiger partial charge >= 0.3 is 0 Å². The molecule has 1 N–H and O–H groups in total. The van der Waals surface area contributed by atoms with E-state index in [1.165, 1.54) is 6.08 Å². The van der Waals surface area contributed by atoms with Crippen molar-refractivity contribution in [2.75, 3.05) is 0 Å². The Kier molecular flexibility index (Phi) is 2.94. The minimum absolute atomic E-state index is 0.178. The highest BCUT2D eigenvalue weighted by Gasteiger charge is 2.34. The minimum atomic E-state index is -1.20. The fraction of sp³-hybridized carbons (Fsp3) is 0.286. The third-order valence-corrected chi connectivity index (χ3v) is 3.06. The molecule has 0 unspecified atom stereocenters. The highest BCUT2D eigenvalue weighted by molar-refractivity contribution is 6.29. The quantitative estimate of drug-likeness (QED) is 0.796. The van der Waals surface area contributed by atoms with Crippen molar-refractivity contribution in [3.8, 4) is 0 Å². The summed E-state index contributed by atoms with van der Waals surface area (Å²) in [5.41, 5.74) is 2.17. The normalized spacial score (nSPS) is 24.8. The Balaban J connectivity index is 2.48. The standard InChI is InChI=1S/C14H14O3/c1-8-4-3-5-10(6-8)11-7-12(15)14(17)9(2)13(11)16/h3-7,9,14,17H,1-2H3/t9-,14-/m1/s1. The number of ketones is 2. The van der Waals surface area contributed by atoms with Crippen LogP contribution in [-0.2, 0) is 9.59 Å². The van der Waals surface area contributed by atoms with Gasteiger partial charge in [-0.1, -0.05) is 36.8 Å². The van der Waals surface area contributed by atoms with Crippen molar-refractivity contribution in [3.63, 3.8) is 0 Å². The number of aryl methyl sites for hydroxylation is 1. The predicted molar refractivity (Wildman–Crippen MR) is 64.3 cm³/mol. The van der Waals surface area contributed by atoms with Gasteiger partial charge in [-0.15, -0.1) is 0 Å². The van der Waals surface area contributed by atoms with Crippen LogP contribution in [0.4, 0.5) is 0 Å². The first-order valence-corrected chi connectivity index (χ1v) is 5.55. The Hall–Kier alpha value is -1.74. The van der Waals surface area contributed by atoms with Crippen molar-refractivity contribution >= 4 is 17.1 Å². The molecule has 0 saturated heterocycles. The van der Waals surface area contributed by atoms with Gasteiger partial charge in [0, 0.05) is 5.57 Å². The Morgan fingerprint density at radius 3 is 2.59 bits per heavy atom. The minimum Gasteiger partial charge on any atom is -0.384 e. The van der Waals surface area contributed by atoms with E-state index in [9.17, 15) is 14.7 Å². The highest BCUT2D eigenvalue weighted by atomic mass is 16.3. The lowest BCUT2D eigenvalue weighted by Crippen LogP contribution is -2.36. The van der Waals surface area contributed by atoms with E-state index < -0.39 is 17.8 Å². The second-order valence-corrected chi connectivity index (χ2v) is 4.43. The molecule has 0 aromatic heterocycles. The number of Topliss-reactive ketones (excluding diaryl/α,β-unsaturated/α-hetero) is 1. The SMILES string of the molecule is Cc1cccc(C2=CC(=O)[C@H](O)[C@H](C)C2=O)c1. The average molecular weight is 230 g/mol. The summed E-state index contributed by atoms with van der Waals surface area (Å²) in [4.78, 5) is 23.6. The molecule has 88 valence electrons. The molecule has 0 aliphatic heterocycles. The van der Waals surface area contributed by atoms with Gasteiger partial charge in [0.25, 0.3) is 0 Å². The van der Waals surface area contributed by atoms with Crippen LogP contribution in [0.2, 0.25) is 0 Å². The summed E-state index contributed by atoms with van der Waals surface area (Å²) in [6.45, 7) is 3.51. The van der Waals surface area contributed by atoms with Gasteiger partial charge < -0.3 is 5.11 Å². The maximum atomic E-state index is 12.0. The van der Waals surface area contributed by atoms with Gasteiger partial charge in [0.2, 0.25) is 0 Å². The second kappa shape index (κ2) is 4.26. The molecule has 3 heteroatoms. The molecule has 3 nitrogen and oxygen atoms in total. The monoisotopic (exact) mass is 230 g/mol. The van der Waals surface area contributed by atoms with Crippen molar-refractivity contribution in [2.45, 2.75) is 20.0 Å². The first-order chi connectivity index (χ1) is 8.00. The van der Waals surface area contributed by atoms with E-state index in [2.05, 4.69) is 0 Å². The fourth-order valence-corrected chi connectivity index (χ4v) is 1.97. The Morgan fingerprint density at radius 2 is 1.94 bits per heavy atom. The second-order valence-electron chi connectivity index (χ2n) is 4.43. The van der Waals surface area contributed by atoms with Gasteiger partial charge in [0.15, 0.2) is 11.6 Å². The third kappa shape index (κ3) is 2.06. The Labute approximate surface area is 99.8 Å². The smallest absolute Gasteiger partial charge is 0.185 e. The summed E-state index contributed by atoms with van der Waals surface area (Å²) in [6.07, 6.45) is 0.0537. The van der Waals surface area contributed by atoms with Crippen LogP contribution in [0.5, 0.6) is 0 Å². The molecule has 1 aliphatic carbocycles. The van der Waals surface area contributed by atoms with Crippen LogP contribution in [0.25, 0.3) is 5.57 Å². The number of hydrogen-bond donors (Lipinski definition) is 1. The zero-order valence-corrected chi connectivity index (χ0v) is 9.81. The van der Waals surface area contributed by atoms with Gasteiger partial charge in [0.05, 0.1) is 5.92 Å². The van der Waals surface area contributed by atoms with E-state index in [0.29, 0.717) is 5.57 Å². The molecule has 0 fully saturated rings. The van der Waals surface area contributed by atoms with Crippen LogP contribution >= 0.6 is 0 Å². The van der Waals surface area contributed by atoms with Crippen LogP contribution in [0, 0.1) is 12.8 Å². The molecule has 17 heavy (non-hydrogen) atoms. The predicted octanol–water partition coefficient (Wildman–Crippen LogP) is 1.53. The first-order valence-electron chi connectivity index (χ1n) is 5.55. The third-order valence-electron chi connectivity index (χ3n) is 3.06. The van der Waals surface area contributed by atoms with Gasteiger partial charge in [0.1, 0.15) is 6.10 Å². The molecule has 0 radical (unpaired) electrons. The molecule has 0 saturated carbocycles. The first kappa shape index (κ1) is 11.7. The summed E-state index contributed by atoms with van der Waals surface area (Å²) < 4.78 is 0. The topological polar surface area (TPSA) is 54.4 Å². The fourth-order valence-electron chi connectivity index (χ4n) is 1.97. The molecule has 1 aromatic rings. The summed E-state index contributed by atoms with van der Waals surface area (Å²) in [6, 6.07) is 7.44. The van der Waals surface area contributed by atoms with Crippen LogP contribution in [0.3, 0.4) is 0 Å². The maximum Gasteiger partial charge on any atom is 0.185 e. The van der Waals surface area contributed by atoms with E-state index >= 15 is 0 Å². The highest BCUT2D eigenvalue weighted by Crippen LogP contribution is 2.26. The van der Waals surface area contributed by atoms with Crippen molar-refractivity contribution < 1.29 is 14.7 Å². The summed E-state index contributed by atoms with van der Waals surface area (Å²) in [5, 5.41) is 9.52. The zero-order valence-electron chi connectivity index (χ0n) is 9.81. The van der Waals surface area contributed by atoms with Crippen LogP contribution in [0.15, 0.2) is 30.3 Å². The molecule has 2 atom stereocenters. The number of rotatable bonds is 1. The molecular weight excluding hydrogens is 216 g/mol. The van der Waals surface area contributed by atoms with Gasteiger partial charge in [-0.3, -0.25) is 9.59 Å². The van der Waals surface area contributed by atoms with E-state index in [4.69, 9.17) is 0 Å². The molecule has 1 aliphatic rings. The Morgan fingerprint density at radius 1 is 1.24 bits per heavy atom. The van der Waals surface area contributed by atoms with Crippen LogP contribution in [-0.4, -0.2) is 22.8 Å². The number of hydrogen-bond acceptors (Lipinski definition) is 3. The summed E-state index contributed by atoms with van der Waals surface area (Å²) in [7, 11) is 0. The number of aliphatic hydroxyl groups is 1. The maximum absolute atomic E-state index is 12.0. The largest absolute Gasteiger partial charge is 0.384 e. The lowest BCUT2D eigenvalue weighted by atomic mass is 9.82. The van der Waals surface area contributed by atoms with Crippen molar-refractivity contribution in [2.24, 2.45) is 5.92 Å². The van der Waals surface area contributed by atoms with E-state index in [0.717, 1.165) is 11.1 Å². The molecule has 2 rings (SSSR count). The van der Waals surface area contributed by atoms with E-state index in [-0.39, 0.29) is 5.78 Å². The van der Waals surface area contributed by atoms with Crippen LogP contribution in [0.1, 0.15) is 18.1 Å². The number of allylic oxidation sites excluding steroid dienone is 1.